The Morgan fingerprint density at radius 3 is 1.75 bits per heavy atom. The Kier molecular flexibility index (Phi) is 17.4. The fourth-order valence-electron chi connectivity index (χ4n) is 4.51. The summed E-state index contributed by atoms with van der Waals surface area (Å²) in [5, 5.41) is 69.2. The number of fused-ring (bicyclic) bond motifs is 1. The normalized spacial score (nSPS) is 11.7. The fraction of sp³-hybridized carbons (Fsp3) is 0.111. The minimum Gasteiger partial charge on any atom is -0.871 e. The summed E-state index contributed by atoms with van der Waals surface area (Å²) in [6.07, 6.45) is 1.24. The van der Waals surface area contributed by atoms with Crippen LogP contribution in [-0.2, 0) is 46.6 Å². The van der Waals surface area contributed by atoms with E-state index >= 15 is 0 Å². The number of sulfone groups is 2. The number of carbonyl (C=O) groups is 2. The number of amides is 1. The first-order valence-electron chi connectivity index (χ1n) is 15.6. The van der Waals surface area contributed by atoms with Crippen molar-refractivity contribution in [1.82, 2.24) is 0 Å². The summed E-state index contributed by atoms with van der Waals surface area (Å²) in [4.78, 5) is 23.1. The molecular weight excluding hydrogens is 832 g/mol. The molecule has 2 N–H and O–H groups in total. The number of nitrogens with one attached hydrogen (secondary N) is 2. The first kappa shape index (κ1) is 47.8. The molecule has 57 heavy (non-hydrogen) atoms. The van der Waals surface area contributed by atoms with E-state index in [0.29, 0.717) is 16.5 Å². The molecule has 0 fully saturated rings. The third kappa shape index (κ3) is 13.1. The van der Waals surface area contributed by atoms with E-state index in [4.69, 9.17) is 0 Å². The molecule has 0 bridgehead atoms. The van der Waals surface area contributed by atoms with Crippen molar-refractivity contribution in [3.63, 3.8) is 0 Å². The molecule has 5 rings (SSSR count). The maximum Gasteiger partial charge on any atom is 3.00 e. The summed E-state index contributed by atoms with van der Waals surface area (Å²) in [5.74, 6) is -3.09. The molecule has 5 aromatic carbocycles. The smallest absolute Gasteiger partial charge is 0.871 e. The van der Waals surface area contributed by atoms with Crippen LogP contribution in [0.3, 0.4) is 0 Å². The number of azo groups is 2. The summed E-state index contributed by atoms with van der Waals surface area (Å²) in [7, 11) is -5.90. The van der Waals surface area contributed by atoms with Crippen molar-refractivity contribution in [1.29, 1.82) is 0 Å². The third-order valence-electron chi connectivity index (χ3n) is 7.22. The number of ether oxygens (including phenoxy) is 1. The molecule has 0 spiro atoms. The first-order valence-corrected chi connectivity index (χ1v) is 19.3. The van der Waals surface area contributed by atoms with Gasteiger partial charge < -0.3 is 30.5 Å². The topological polar surface area (TPSA) is 277 Å². The average molecular weight is 862 g/mol. The summed E-state index contributed by atoms with van der Waals surface area (Å²) in [5.41, 5.74) is -0.429. The second kappa shape index (κ2) is 20.7. The van der Waals surface area contributed by atoms with E-state index in [1.807, 2.05) is 0 Å². The Labute approximate surface area is 360 Å². The van der Waals surface area contributed by atoms with Gasteiger partial charge in [-0.15, -0.1) is 5.11 Å². The predicted octanol–water partition coefficient (Wildman–Crippen LogP) is 1.46. The van der Waals surface area contributed by atoms with E-state index in [0.717, 1.165) is 49.8 Å². The van der Waals surface area contributed by atoms with Gasteiger partial charge in [-0.2, -0.15) is 15.3 Å². The monoisotopic (exact) mass is 861 g/mol. The second-order valence-corrected chi connectivity index (χ2v) is 15.4. The molecule has 17 nitrogen and oxygen atoms in total. The zero-order valence-corrected chi connectivity index (χ0v) is 35.6. The van der Waals surface area contributed by atoms with Gasteiger partial charge in [-0.25, -0.2) is 21.6 Å². The number of carbonyl (C=O) groups excluding carboxylic acids is 2. The van der Waals surface area contributed by atoms with E-state index in [1.165, 1.54) is 19.2 Å². The number of anilines is 2. The summed E-state index contributed by atoms with van der Waals surface area (Å²) >= 11 is 0. The van der Waals surface area contributed by atoms with Gasteiger partial charge in [0, 0.05) is 30.5 Å². The molecule has 0 heterocycles. The third-order valence-corrected chi connectivity index (χ3v) is 9.44. The molecule has 289 valence electrons. The van der Waals surface area contributed by atoms with E-state index in [9.17, 15) is 46.9 Å². The Morgan fingerprint density at radius 2 is 1.23 bits per heavy atom. The van der Waals surface area contributed by atoms with Gasteiger partial charge in [0.1, 0.15) is 5.70 Å². The molecule has 0 saturated heterocycles. The van der Waals surface area contributed by atoms with Gasteiger partial charge in [0.15, 0.2) is 25.5 Å². The zero-order valence-electron chi connectivity index (χ0n) is 30.7. The van der Waals surface area contributed by atoms with Gasteiger partial charge in [-0.3, -0.25) is 10.1 Å². The minimum atomic E-state index is -3.55. The molecule has 0 aliphatic rings. The van der Waals surface area contributed by atoms with Crippen molar-refractivity contribution in [2.75, 3.05) is 30.3 Å². The molecule has 1 radical (unpaired) electrons. The van der Waals surface area contributed by atoms with Crippen LogP contribution in [0, 0.1) is 0 Å². The largest absolute Gasteiger partial charge is 3.00 e. The summed E-state index contributed by atoms with van der Waals surface area (Å²) < 4.78 is 51.1. The maximum absolute atomic E-state index is 12.4. The molecule has 1 amide bonds. The van der Waals surface area contributed by atoms with Crippen LogP contribution in [0.15, 0.2) is 139 Å². The number of hydrogen-bond acceptors (Lipinski definition) is 16. The molecule has 0 aliphatic heterocycles. The molecule has 0 atom stereocenters. The number of nitrogens with zero attached hydrogens (tertiary/aromatic N) is 4. The predicted molar refractivity (Wildman–Crippen MR) is 194 cm³/mol. The molecule has 0 saturated carbocycles. The van der Waals surface area contributed by atoms with E-state index in [2.05, 4.69) is 35.8 Å². The van der Waals surface area contributed by atoms with Crippen LogP contribution >= 0.6 is 0 Å². The number of hydrogen-bond donors (Lipinski definition) is 2. The minimum absolute atomic E-state index is 0. The van der Waals surface area contributed by atoms with Crippen molar-refractivity contribution in [2.45, 2.75) is 16.7 Å². The van der Waals surface area contributed by atoms with Gasteiger partial charge in [0.2, 0.25) is 0 Å². The number of methoxy groups -OCH3 is 1. The van der Waals surface area contributed by atoms with Crippen LogP contribution in [0.1, 0.15) is 6.92 Å². The van der Waals surface area contributed by atoms with Crippen LogP contribution in [0.2, 0.25) is 0 Å². The van der Waals surface area contributed by atoms with Crippen molar-refractivity contribution < 1.29 is 98.5 Å². The average Bonchev–Trinajstić information content (AvgIpc) is 3.12. The van der Waals surface area contributed by atoms with Gasteiger partial charge in [-0.05, 0) is 53.7 Å². The van der Waals surface area contributed by atoms with Crippen LogP contribution in [0.5, 0.6) is 17.2 Å². The Morgan fingerprint density at radius 1 is 0.684 bits per heavy atom. The molecular formula is C36H30CrN6NaO11S2. The van der Waals surface area contributed by atoms with Crippen molar-refractivity contribution >= 4 is 70.8 Å². The molecule has 0 aliphatic carbocycles. The van der Waals surface area contributed by atoms with Crippen LogP contribution in [0.4, 0.5) is 33.2 Å². The molecule has 0 aromatic heterocycles. The van der Waals surface area contributed by atoms with Crippen LogP contribution in [0.25, 0.3) is 10.8 Å². The van der Waals surface area contributed by atoms with Gasteiger partial charge in [0.25, 0.3) is 0 Å². The molecule has 0 unspecified atom stereocenters. The number of allylic oxidation sites excluding steroid dienone is 1. The SMILES string of the molecule is CC(=O)/C(N=Nc1cc(S(C)(=O)=O)ccc1[O-])=C(\[O-])Nc1ccccc1.COC(=O)Nc1cccc2ccc([O-])c(N=Nc3cc(S(C)(=O)=O)ccc3[O-])c12.[Cr+3].[Na+]. The van der Waals surface area contributed by atoms with E-state index < -0.39 is 60.4 Å². The summed E-state index contributed by atoms with van der Waals surface area (Å²) in [6, 6.07) is 22.7. The van der Waals surface area contributed by atoms with Gasteiger partial charge >= 0.3 is 53.0 Å². The Balaban J connectivity index is 0.000000382. The van der Waals surface area contributed by atoms with E-state index in [1.54, 1.807) is 54.6 Å². The maximum atomic E-state index is 12.4. The second-order valence-electron chi connectivity index (χ2n) is 11.4. The van der Waals surface area contributed by atoms with Crippen LogP contribution < -0.4 is 60.6 Å². The summed E-state index contributed by atoms with van der Waals surface area (Å²) in [6.45, 7) is 1.13. The quantitative estimate of drug-likeness (QED) is 0.0874. The number of ketones is 1. The number of benzene rings is 5. The van der Waals surface area contributed by atoms with Crippen molar-refractivity contribution in [3.05, 3.63) is 109 Å². The first-order chi connectivity index (χ1) is 25.9. The van der Waals surface area contributed by atoms with Gasteiger partial charge in [-0.1, -0.05) is 71.8 Å². The zero-order chi connectivity index (χ0) is 40.5. The van der Waals surface area contributed by atoms with E-state index in [-0.39, 0.29) is 79.5 Å². The number of Topliss-reactive ketones (excluding diaryl/α,β-unsaturated/α-hetero) is 1. The standard InChI is InChI=1S/C19H17N3O6S.C17H17N3O5S.Cr.Na/c1-28-19(25)20-13-5-3-4-11-6-8-16(24)18(17(11)13)22-21-14-10-12(29(2,26)27)7-9-15(14)23;1-11(21)16(17(23)18-12-6-4-3-5-7-12)20-19-14-10-13(26(2,24)25)8-9-15(14)22;;/h3-10,23-24H,1-2H3,(H,20,25);3-10,18,22-23H,1-2H3;;/q;;+3;+1/p-4/b;17-16+,20-19?;;. The molecule has 21 heteroatoms. The van der Waals surface area contributed by atoms with Crippen molar-refractivity contribution in [3.8, 4) is 17.2 Å². The fourth-order valence-corrected chi connectivity index (χ4v) is 5.79. The molecule has 5 aromatic rings. The Bertz CT molecular complexity index is 2590. The Hall–Kier alpha value is -5.33. The number of para-hydroxylation sites is 1. The van der Waals surface area contributed by atoms with Gasteiger partial charge in [0.05, 0.1) is 39.7 Å². The number of rotatable bonds is 10. The van der Waals surface area contributed by atoms with Crippen molar-refractivity contribution in [2.24, 2.45) is 20.5 Å². The van der Waals surface area contributed by atoms with Crippen LogP contribution in [-0.4, -0.2) is 48.3 Å².